The van der Waals surface area contributed by atoms with Gasteiger partial charge in [0.25, 0.3) is 0 Å². The van der Waals surface area contributed by atoms with Crippen molar-refractivity contribution in [1.82, 2.24) is 4.98 Å². The molecule has 21 heavy (non-hydrogen) atoms. The van der Waals surface area contributed by atoms with E-state index in [0.717, 1.165) is 24.5 Å². The third-order valence-corrected chi connectivity index (χ3v) is 4.81. The lowest BCUT2D eigenvalue weighted by Gasteiger charge is -2.24. The molecule has 3 aromatic rings. The monoisotopic (exact) mass is 293 g/mol. The molecular weight excluding hydrogens is 278 g/mol. The zero-order valence-electron chi connectivity index (χ0n) is 11.5. The summed E-state index contributed by atoms with van der Waals surface area (Å²) in [6, 6.07) is 18.7. The second-order valence-corrected chi connectivity index (χ2v) is 6.05. The van der Waals surface area contributed by atoms with Gasteiger partial charge in [0.05, 0.1) is 12.3 Å². The van der Waals surface area contributed by atoms with E-state index in [4.69, 9.17) is 9.72 Å². The molecule has 0 radical (unpaired) electrons. The molecule has 2 aromatic carbocycles. The molecule has 1 unspecified atom stereocenters. The Morgan fingerprint density at radius 3 is 2.71 bits per heavy atom. The molecular formula is C18H15NOS. The summed E-state index contributed by atoms with van der Waals surface area (Å²) in [6.45, 7) is 0.766. The Kier molecular flexibility index (Phi) is 3.20. The number of ether oxygens (including phenoxy) is 1. The van der Waals surface area contributed by atoms with Gasteiger partial charge in [-0.1, -0.05) is 48.5 Å². The summed E-state index contributed by atoms with van der Waals surface area (Å²) in [4.78, 5) is 4.87. The highest BCUT2D eigenvalue weighted by Crippen LogP contribution is 2.39. The number of hydrogen-bond acceptors (Lipinski definition) is 3. The van der Waals surface area contributed by atoms with Crippen LogP contribution in [0.1, 0.15) is 22.9 Å². The van der Waals surface area contributed by atoms with Crippen LogP contribution in [0, 0.1) is 0 Å². The number of nitrogens with zero attached hydrogens (tertiary/aromatic N) is 1. The molecule has 0 saturated carbocycles. The topological polar surface area (TPSA) is 22.1 Å². The van der Waals surface area contributed by atoms with E-state index in [0.29, 0.717) is 5.92 Å². The molecule has 0 fully saturated rings. The van der Waals surface area contributed by atoms with Crippen molar-refractivity contribution in [2.75, 3.05) is 6.61 Å². The summed E-state index contributed by atoms with van der Waals surface area (Å²) in [5.74, 6) is 1.36. The molecule has 0 bridgehead atoms. The van der Waals surface area contributed by atoms with Gasteiger partial charge in [-0.05, 0) is 12.5 Å². The van der Waals surface area contributed by atoms with Crippen molar-refractivity contribution < 1.29 is 4.74 Å². The van der Waals surface area contributed by atoms with Gasteiger partial charge < -0.3 is 4.74 Å². The van der Waals surface area contributed by atoms with E-state index in [1.807, 2.05) is 18.2 Å². The summed E-state index contributed by atoms with van der Waals surface area (Å²) < 4.78 is 5.74. The highest BCUT2D eigenvalue weighted by molar-refractivity contribution is 7.10. The van der Waals surface area contributed by atoms with Crippen LogP contribution in [-0.4, -0.2) is 11.6 Å². The van der Waals surface area contributed by atoms with E-state index < -0.39 is 0 Å². The largest absolute Gasteiger partial charge is 0.493 e. The van der Waals surface area contributed by atoms with Crippen LogP contribution in [0.4, 0.5) is 0 Å². The second kappa shape index (κ2) is 5.34. The Morgan fingerprint density at radius 1 is 1.00 bits per heavy atom. The van der Waals surface area contributed by atoms with Crippen LogP contribution in [-0.2, 0) is 0 Å². The fourth-order valence-corrected chi connectivity index (χ4v) is 3.77. The summed E-state index contributed by atoms with van der Waals surface area (Å²) in [6.07, 6.45) is 0.999. The predicted molar refractivity (Wildman–Crippen MR) is 85.9 cm³/mol. The molecule has 1 aromatic heterocycles. The minimum atomic E-state index is 0.359. The average Bonchev–Trinajstić information content (AvgIpc) is 3.05. The second-order valence-electron chi connectivity index (χ2n) is 5.16. The molecule has 4 rings (SSSR count). The van der Waals surface area contributed by atoms with Gasteiger partial charge in [0.2, 0.25) is 0 Å². The molecule has 0 amide bonds. The summed E-state index contributed by atoms with van der Waals surface area (Å²) in [7, 11) is 0. The lowest BCUT2D eigenvalue weighted by Crippen LogP contribution is -2.14. The maximum atomic E-state index is 5.74. The number of para-hydroxylation sites is 1. The Hall–Kier alpha value is -2.13. The van der Waals surface area contributed by atoms with Crippen LogP contribution in [0.15, 0.2) is 60.0 Å². The van der Waals surface area contributed by atoms with Crippen molar-refractivity contribution in [3.05, 3.63) is 70.5 Å². The quantitative estimate of drug-likeness (QED) is 0.682. The van der Waals surface area contributed by atoms with Crippen molar-refractivity contribution >= 4 is 11.3 Å². The average molecular weight is 293 g/mol. The molecule has 2 nitrogen and oxygen atoms in total. The van der Waals surface area contributed by atoms with Gasteiger partial charge in [-0.25, -0.2) is 4.98 Å². The zero-order valence-corrected chi connectivity index (χ0v) is 12.3. The first-order chi connectivity index (χ1) is 10.4. The molecule has 1 aliphatic heterocycles. The minimum Gasteiger partial charge on any atom is -0.493 e. The van der Waals surface area contributed by atoms with Crippen molar-refractivity contribution in [3.63, 3.8) is 0 Å². The van der Waals surface area contributed by atoms with Crippen molar-refractivity contribution in [2.24, 2.45) is 0 Å². The molecule has 2 heterocycles. The first-order valence-corrected chi connectivity index (χ1v) is 8.02. The van der Waals surface area contributed by atoms with Gasteiger partial charge in [0.1, 0.15) is 10.8 Å². The van der Waals surface area contributed by atoms with Gasteiger partial charge >= 0.3 is 0 Å². The van der Waals surface area contributed by atoms with Crippen LogP contribution in [0.3, 0.4) is 0 Å². The standard InChI is InChI=1S/C18H15NOS/c1-2-6-13(7-3-1)16-12-21-18(19-16)15-10-11-20-17-9-5-4-8-14(15)17/h1-9,12,15H,10-11H2. The number of aromatic nitrogens is 1. The molecule has 1 atom stereocenters. The zero-order chi connectivity index (χ0) is 14.1. The number of hydrogen-bond donors (Lipinski definition) is 0. The van der Waals surface area contributed by atoms with Crippen LogP contribution in [0.25, 0.3) is 11.3 Å². The van der Waals surface area contributed by atoms with Gasteiger partial charge in [-0.15, -0.1) is 11.3 Å². The summed E-state index contributed by atoms with van der Waals surface area (Å²) in [5.41, 5.74) is 3.51. The van der Waals surface area contributed by atoms with E-state index in [1.54, 1.807) is 11.3 Å². The third kappa shape index (κ3) is 2.34. The normalized spacial score (nSPS) is 17.0. The molecule has 104 valence electrons. The third-order valence-electron chi connectivity index (χ3n) is 3.85. The van der Waals surface area contributed by atoms with Crippen LogP contribution >= 0.6 is 11.3 Å². The highest BCUT2D eigenvalue weighted by atomic mass is 32.1. The van der Waals surface area contributed by atoms with E-state index in [9.17, 15) is 0 Å². The van der Waals surface area contributed by atoms with Gasteiger partial charge in [-0.3, -0.25) is 0 Å². The fourth-order valence-electron chi connectivity index (χ4n) is 2.79. The minimum absolute atomic E-state index is 0.359. The molecule has 0 aliphatic carbocycles. The number of fused-ring (bicyclic) bond motifs is 1. The Morgan fingerprint density at radius 2 is 1.81 bits per heavy atom. The summed E-state index contributed by atoms with van der Waals surface area (Å²) >= 11 is 1.75. The molecule has 1 aliphatic rings. The summed E-state index contributed by atoms with van der Waals surface area (Å²) in [5, 5.41) is 3.34. The Bertz CT molecular complexity index is 751. The van der Waals surface area contributed by atoms with E-state index >= 15 is 0 Å². The number of thiazole rings is 1. The molecule has 3 heteroatoms. The highest BCUT2D eigenvalue weighted by Gasteiger charge is 2.25. The number of rotatable bonds is 2. The van der Waals surface area contributed by atoms with E-state index in [2.05, 4.69) is 41.8 Å². The Labute approximate surface area is 128 Å². The van der Waals surface area contributed by atoms with Crippen molar-refractivity contribution in [2.45, 2.75) is 12.3 Å². The Balaban J connectivity index is 1.71. The predicted octanol–water partition coefficient (Wildman–Crippen LogP) is 4.72. The van der Waals surface area contributed by atoms with E-state index in [1.165, 1.54) is 16.1 Å². The van der Waals surface area contributed by atoms with Gasteiger partial charge in [0.15, 0.2) is 0 Å². The van der Waals surface area contributed by atoms with E-state index in [-0.39, 0.29) is 0 Å². The fraction of sp³-hybridized carbons (Fsp3) is 0.167. The molecule has 0 N–H and O–H groups in total. The van der Waals surface area contributed by atoms with Gasteiger partial charge in [-0.2, -0.15) is 0 Å². The van der Waals surface area contributed by atoms with Crippen LogP contribution < -0.4 is 4.74 Å². The maximum Gasteiger partial charge on any atom is 0.123 e. The lowest BCUT2D eigenvalue weighted by atomic mass is 9.94. The maximum absolute atomic E-state index is 5.74. The smallest absolute Gasteiger partial charge is 0.123 e. The van der Waals surface area contributed by atoms with Crippen molar-refractivity contribution in [3.8, 4) is 17.0 Å². The van der Waals surface area contributed by atoms with Gasteiger partial charge in [0, 0.05) is 22.4 Å². The van der Waals surface area contributed by atoms with Crippen LogP contribution in [0.2, 0.25) is 0 Å². The number of benzene rings is 2. The first-order valence-electron chi connectivity index (χ1n) is 7.14. The molecule has 0 spiro atoms. The van der Waals surface area contributed by atoms with Crippen molar-refractivity contribution in [1.29, 1.82) is 0 Å². The molecule has 0 saturated heterocycles. The first kappa shape index (κ1) is 12.6. The lowest BCUT2D eigenvalue weighted by molar-refractivity contribution is 0.277. The SMILES string of the molecule is c1ccc(-c2csc(C3CCOc4ccccc43)n2)cc1. The van der Waals surface area contributed by atoms with Crippen LogP contribution in [0.5, 0.6) is 5.75 Å².